The van der Waals surface area contributed by atoms with Gasteiger partial charge in [-0.05, 0) is 6.92 Å². The molecule has 1 fully saturated rings. The summed E-state index contributed by atoms with van der Waals surface area (Å²) in [6.45, 7) is 3.25. The predicted molar refractivity (Wildman–Crippen MR) is 47.1 cm³/mol. The van der Waals surface area contributed by atoms with Crippen molar-refractivity contribution in [2.45, 2.75) is 12.5 Å². The second kappa shape index (κ2) is 2.95. The molecule has 7 nitrogen and oxygen atoms in total. The summed E-state index contributed by atoms with van der Waals surface area (Å²) < 4.78 is 5.45. The number of H-pyrrole nitrogens is 1. The van der Waals surface area contributed by atoms with Crippen molar-refractivity contribution in [2.24, 2.45) is 0 Å². The molecule has 14 heavy (non-hydrogen) atoms. The van der Waals surface area contributed by atoms with Gasteiger partial charge in [-0.1, -0.05) is 0 Å². The van der Waals surface area contributed by atoms with Gasteiger partial charge in [-0.25, -0.2) is 5.10 Å². The molecule has 0 atom stereocenters. The van der Waals surface area contributed by atoms with Gasteiger partial charge in [-0.2, -0.15) is 5.10 Å². The molecule has 1 aliphatic heterocycles. The number of nitro groups is 1. The molecule has 0 unspecified atom stereocenters. The summed E-state index contributed by atoms with van der Waals surface area (Å²) in [5, 5.41) is 19.6. The molecule has 0 saturated carbocycles. The van der Waals surface area contributed by atoms with Crippen LogP contribution >= 0.6 is 0 Å². The largest absolute Gasteiger partial charge is 0.464 e. The Morgan fingerprint density at radius 3 is 2.93 bits per heavy atom. The third-order valence-corrected chi connectivity index (χ3v) is 2.13. The second-order valence-corrected chi connectivity index (χ2v) is 3.50. The van der Waals surface area contributed by atoms with E-state index in [2.05, 4.69) is 15.5 Å². The molecule has 1 aliphatic rings. The van der Waals surface area contributed by atoms with Gasteiger partial charge in [0.1, 0.15) is 11.8 Å². The average Bonchev–Trinajstić information content (AvgIpc) is 2.49. The van der Waals surface area contributed by atoms with E-state index in [0.717, 1.165) is 6.20 Å². The molecule has 0 amide bonds. The molecule has 0 spiro atoms. The van der Waals surface area contributed by atoms with Gasteiger partial charge in [0.25, 0.3) is 5.88 Å². The summed E-state index contributed by atoms with van der Waals surface area (Å²) in [6.07, 6.45) is 1.14. The van der Waals surface area contributed by atoms with Crippen LogP contribution in [-0.2, 0) is 0 Å². The van der Waals surface area contributed by atoms with Gasteiger partial charge >= 0.3 is 5.69 Å². The first-order valence-corrected chi connectivity index (χ1v) is 4.18. The lowest BCUT2D eigenvalue weighted by Gasteiger charge is -2.38. The fraction of sp³-hybridized carbons (Fsp3) is 0.571. The normalized spacial score (nSPS) is 18.6. The molecule has 7 heteroatoms. The highest BCUT2D eigenvalue weighted by atomic mass is 16.6. The zero-order valence-corrected chi connectivity index (χ0v) is 7.61. The van der Waals surface area contributed by atoms with Gasteiger partial charge in [0.15, 0.2) is 0 Å². The summed E-state index contributed by atoms with van der Waals surface area (Å²) in [6, 6.07) is 0. The second-order valence-electron chi connectivity index (χ2n) is 3.50. The molecular formula is C7H10N4O3. The first-order valence-electron chi connectivity index (χ1n) is 4.18. The minimum Gasteiger partial charge on any atom is -0.464 e. The van der Waals surface area contributed by atoms with Crippen LogP contribution in [0, 0.1) is 10.1 Å². The summed E-state index contributed by atoms with van der Waals surface area (Å²) >= 11 is 0. The van der Waals surface area contributed by atoms with Crippen molar-refractivity contribution in [1.29, 1.82) is 0 Å². The molecule has 2 heterocycles. The summed E-state index contributed by atoms with van der Waals surface area (Å²) in [5.74, 6) is 0.124. The molecular weight excluding hydrogens is 188 g/mol. The molecule has 2 rings (SSSR count). The van der Waals surface area contributed by atoms with Crippen molar-refractivity contribution in [3.05, 3.63) is 16.3 Å². The molecule has 2 N–H and O–H groups in total. The number of hydrogen-bond acceptors (Lipinski definition) is 5. The Kier molecular flexibility index (Phi) is 1.88. The van der Waals surface area contributed by atoms with Crippen LogP contribution in [0.1, 0.15) is 6.92 Å². The summed E-state index contributed by atoms with van der Waals surface area (Å²) in [5.41, 5.74) is -0.491. The van der Waals surface area contributed by atoms with Crippen LogP contribution < -0.4 is 10.1 Å². The fourth-order valence-corrected chi connectivity index (χ4v) is 1.27. The highest BCUT2D eigenvalue weighted by Gasteiger charge is 2.36. The fourth-order valence-electron chi connectivity index (χ4n) is 1.27. The molecule has 1 aromatic heterocycles. The smallest absolute Gasteiger partial charge is 0.350 e. The van der Waals surface area contributed by atoms with Crippen LogP contribution in [0.2, 0.25) is 0 Å². The van der Waals surface area contributed by atoms with Crippen LogP contribution in [0.15, 0.2) is 6.20 Å². The lowest BCUT2D eigenvalue weighted by Crippen LogP contribution is -2.61. The number of nitrogens with zero attached hydrogens (tertiary/aromatic N) is 2. The third-order valence-electron chi connectivity index (χ3n) is 2.13. The summed E-state index contributed by atoms with van der Waals surface area (Å²) in [4.78, 5) is 10.0. The maximum atomic E-state index is 10.5. The zero-order valence-electron chi connectivity index (χ0n) is 7.61. The minimum absolute atomic E-state index is 0.124. The van der Waals surface area contributed by atoms with E-state index in [-0.39, 0.29) is 17.2 Å². The molecule has 0 aromatic carbocycles. The van der Waals surface area contributed by atoms with Crippen molar-refractivity contribution in [1.82, 2.24) is 15.5 Å². The quantitative estimate of drug-likeness (QED) is 0.529. The molecule has 1 saturated heterocycles. The van der Waals surface area contributed by atoms with Crippen LogP contribution in [-0.4, -0.2) is 33.8 Å². The Bertz CT molecular complexity index is 358. The molecule has 0 aliphatic carbocycles. The lowest BCUT2D eigenvalue weighted by atomic mass is 10.0. The third kappa shape index (κ3) is 1.41. The van der Waals surface area contributed by atoms with E-state index in [9.17, 15) is 10.1 Å². The monoisotopic (exact) mass is 198 g/mol. The van der Waals surface area contributed by atoms with Crippen molar-refractivity contribution < 1.29 is 9.66 Å². The van der Waals surface area contributed by atoms with Crippen molar-refractivity contribution in [3.8, 4) is 5.88 Å². The topological polar surface area (TPSA) is 93.1 Å². The van der Waals surface area contributed by atoms with Gasteiger partial charge in [0.05, 0.1) is 4.92 Å². The van der Waals surface area contributed by atoms with E-state index >= 15 is 0 Å². The number of aromatic amines is 1. The van der Waals surface area contributed by atoms with Crippen molar-refractivity contribution in [2.75, 3.05) is 13.1 Å². The first-order chi connectivity index (χ1) is 6.61. The number of aromatic nitrogens is 2. The van der Waals surface area contributed by atoms with E-state index in [4.69, 9.17) is 4.74 Å². The maximum absolute atomic E-state index is 10.5. The van der Waals surface area contributed by atoms with Gasteiger partial charge < -0.3 is 10.1 Å². The van der Waals surface area contributed by atoms with E-state index < -0.39 is 4.92 Å². The highest BCUT2D eigenvalue weighted by Crippen LogP contribution is 2.28. The van der Waals surface area contributed by atoms with E-state index in [1.165, 1.54) is 0 Å². The van der Waals surface area contributed by atoms with E-state index in [1.807, 2.05) is 6.92 Å². The SMILES string of the molecule is CC1(Oc2[nH]ncc2[N+](=O)[O-])CNC1. The molecule has 76 valence electrons. The minimum atomic E-state index is -0.520. The predicted octanol–water partition coefficient (Wildman–Crippen LogP) is 0.0586. The Hall–Kier alpha value is -1.63. The Balaban J connectivity index is 2.16. The number of hydrogen-bond donors (Lipinski definition) is 2. The van der Waals surface area contributed by atoms with Gasteiger partial charge in [0.2, 0.25) is 0 Å². The van der Waals surface area contributed by atoms with Crippen LogP contribution in [0.5, 0.6) is 5.88 Å². The van der Waals surface area contributed by atoms with E-state index in [1.54, 1.807) is 0 Å². The summed E-state index contributed by atoms with van der Waals surface area (Å²) in [7, 11) is 0. The number of rotatable bonds is 3. The van der Waals surface area contributed by atoms with Crippen LogP contribution in [0.25, 0.3) is 0 Å². The van der Waals surface area contributed by atoms with Gasteiger partial charge in [0, 0.05) is 13.1 Å². The van der Waals surface area contributed by atoms with E-state index in [0.29, 0.717) is 13.1 Å². The van der Waals surface area contributed by atoms with Gasteiger partial charge in [-0.15, -0.1) is 0 Å². The highest BCUT2D eigenvalue weighted by molar-refractivity contribution is 5.38. The Morgan fingerprint density at radius 1 is 1.71 bits per heavy atom. The standard InChI is InChI=1S/C7H10N4O3/c1-7(3-8-4-7)14-6-5(11(12)13)2-9-10-6/h2,8H,3-4H2,1H3,(H,9,10). The maximum Gasteiger partial charge on any atom is 0.350 e. The van der Waals surface area contributed by atoms with Crippen molar-refractivity contribution in [3.63, 3.8) is 0 Å². The number of ether oxygens (including phenoxy) is 1. The van der Waals surface area contributed by atoms with Crippen LogP contribution in [0.4, 0.5) is 5.69 Å². The number of nitrogens with one attached hydrogen (secondary N) is 2. The van der Waals surface area contributed by atoms with Crippen molar-refractivity contribution >= 4 is 5.69 Å². The van der Waals surface area contributed by atoms with Gasteiger partial charge in [-0.3, -0.25) is 10.1 Å². The molecule has 1 aromatic rings. The average molecular weight is 198 g/mol. The Morgan fingerprint density at radius 2 is 2.43 bits per heavy atom. The Labute approximate surface area is 79.6 Å². The van der Waals surface area contributed by atoms with Crippen LogP contribution in [0.3, 0.4) is 0 Å². The lowest BCUT2D eigenvalue weighted by molar-refractivity contribution is -0.386. The first kappa shape index (κ1) is 8.95. The molecule has 0 radical (unpaired) electrons. The molecule has 0 bridgehead atoms. The zero-order chi connectivity index (χ0) is 10.2.